The topological polar surface area (TPSA) is 55.8 Å². The lowest BCUT2D eigenvalue weighted by atomic mass is 10.2. The maximum atomic E-state index is 12.5. The average Bonchev–Trinajstić information content (AvgIpc) is 2.89. The van der Waals surface area contributed by atoms with Crippen molar-refractivity contribution in [2.75, 3.05) is 20.3 Å². The van der Waals surface area contributed by atoms with Gasteiger partial charge in [-0.3, -0.25) is 14.5 Å². The zero-order valence-electron chi connectivity index (χ0n) is 14.0. The first-order chi connectivity index (χ1) is 12.6. The number of carbonyl (C=O) groups is 2. The highest BCUT2D eigenvalue weighted by atomic mass is 35.5. The molecule has 0 atom stereocenters. The van der Waals surface area contributed by atoms with E-state index < -0.39 is 0 Å². The third-order valence-corrected chi connectivity index (χ3v) is 4.80. The largest absolute Gasteiger partial charge is 0.493 e. The quantitative estimate of drug-likeness (QED) is 0.682. The van der Waals surface area contributed by atoms with Gasteiger partial charge in [0.2, 0.25) is 0 Å². The van der Waals surface area contributed by atoms with Crippen LogP contribution in [0.15, 0.2) is 53.4 Å². The van der Waals surface area contributed by atoms with Gasteiger partial charge in [-0.25, -0.2) is 0 Å². The van der Waals surface area contributed by atoms with Crippen LogP contribution in [-0.4, -0.2) is 36.3 Å². The summed E-state index contributed by atoms with van der Waals surface area (Å²) in [4.78, 5) is 26.2. The van der Waals surface area contributed by atoms with E-state index in [1.54, 1.807) is 43.5 Å². The molecule has 0 bridgehead atoms. The maximum Gasteiger partial charge on any atom is 0.293 e. The average molecular weight is 390 g/mol. The minimum absolute atomic E-state index is 0.162. The highest BCUT2D eigenvalue weighted by molar-refractivity contribution is 8.18. The number of carbonyl (C=O) groups excluding carboxylic acids is 2. The molecule has 0 spiro atoms. The van der Waals surface area contributed by atoms with E-state index in [0.29, 0.717) is 21.4 Å². The van der Waals surface area contributed by atoms with Gasteiger partial charge in [0.15, 0.2) is 11.5 Å². The zero-order chi connectivity index (χ0) is 18.5. The van der Waals surface area contributed by atoms with Crippen molar-refractivity contribution in [3.8, 4) is 11.5 Å². The summed E-state index contributed by atoms with van der Waals surface area (Å²) in [6, 6.07) is 14.3. The Hall–Kier alpha value is -2.44. The second kappa shape index (κ2) is 8.29. The third-order valence-electron chi connectivity index (χ3n) is 3.66. The molecule has 2 aromatic rings. The van der Waals surface area contributed by atoms with Crippen LogP contribution in [0.25, 0.3) is 6.08 Å². The summed E-state index contributed by atoms with van der Waals surface area (Å²) < 4.78 is 10.8. The Labute approximate surface area is 160 Å². The van der Waals surface area contributed by atoms with Crippen LogP contribution in [0.1, 0.15) is 5.56 Å². The van der Waals surface area contributed by atoms with Crippen LogP contribution >= 0.6 is 23.4 Å². The van der Waals surface area contributed by atoms with Gasteiger partial charge >= 0.3 is 0 Å². The van der Waals surface area contributed by atoms with E-state index in [0.717, 1.165) is 17.3 Å². The van der Waals surface area contributed by atoms with Crippen molar-refractivity contribution >= 4 is 40.6 Å². The van der Waals surface area contributed by atoms with Crippen LogP contribution in [0, 0.1) is 0 Å². The lowest BCUT2D eigenvalue weighted by Gasteiger charge is -2.14. The molecule has 0 aromatic heterocycles. The van der Waals surface area contributed by atoms with Crippen molar-refractivity contribution in [2.24, 2.45) is 0 Å². The van der Waals surface area contributed by atoms with Gasteiger partial charge in [0.1, 0.15) is 6.61 Å². The molecular weight excluding hydrogens is 374 g/mol. The normalized spacial score (nSPS) is 15.6. The Morgan fingerprint density at radius 1 is 1.12 bits per heavy atom. The first-order valence-electron chi connectivity index (χ1n) is 7.85. The van der Waals surface area contributed by atoms with Crippen LogP contribution < -0.4 is 9.47 Å². The van der Waals surface area contributed by atoms with Gasteiger partial charge in [-0.2, -0.15) is 0 Å². The van der Waals surface area contributed by atoms with Gasteiger partial charge in [-0.05, 0) is 47.7 Å². The molecule has 7 heteroatoms. The van der Waals surface area contributed by atoms with E-state index in [-0.39, 0.29) is 24.3 Å². The Kier molecular flexibility index (Phi) is 5.85. The van der Waals surface area contributed by atoms with E-state index >= 15 is 0 Å². The van der Waals surface area contributed by atoms with Crippen molar-refractivity contribution in [3.63, 3.8) is 0 Å². The molecule has 2 aromatic carbocycles. The van der Waals surface area contributed by atoms with Crippen LogP contribution in [0.2, 0.25) is 5.02 Å². The van der Waals surface area contributed by atoms with Gasteiger partial charge in [-0.1, -0.05) is 35.9 Å². The van der Waals surface area contributed by atoms with Gasteiger partial charge < -0.3 is 9.47 Å². The second-order valence-corrected chi connectivity index (χ2v) is 6.82. The minimum atomic E-state index is -0.330. The second-order valence-electron chi connectivity index (χ2n) is 5.39. The molecule has 134 valence electrons. The number of methoxy groups -OCH3 is 1. The van der Waals surface area contributed by atoms with E-state index in [1.807, 2.05) is 18.2 Å². The zero-order valence-corrected chi connectivity index (χ0v) is 15.5. The maximum absolute atomic E-state index is 12.5. The van der Waals surface area contributed by atoms with Crippen molar-refractivity contribution in [1.29, 1.82) is 0 Å². The lowest BCUT2D eigenvalue weighted by molar-refractivity contribution is -0.123. The molecule has 1 saturated heterocycles. The highest BCUT2D eigenvalue weighted by Crippen LogP contribution is 2.32. The van der Waals surface area contributed by atoms with E-state index in [4.69, 9.17) is 21.1 Å². The summed E-state index contributed by atoms with van der Waals surface area (Å²) in [7, 11) is 1.55. The number of benzene rings is 2. The fourth-order valence-electron chi connectivity index (χ4n) is 2.43. The molecule has 0 N–H and O–H groups in total. The molecular formula is C19H16ClNO4S. The predicted octanol–water partition coefficient (Wildman–Crippen LogP) is 4.46. The number of ether oxygens (including phenoxy) is 2. The Morgan fingerprint density at radius 3 is 2.62 bits per heavy atom. The van der Waals surface area contributed by atoms with Crippen LogP contribution in [0.5, 0.6) is 11.5 Å². The molecule has 1 heterocycles. The Balaban J connectivity index is 1.64. The molecule has 0 radical (unpaired) electrons. The lowest BCUT2D eigenvalue weighted by Crippen LogP contribution is -2.32. The molecule has 1 aliphatic heterocycles. The number of hydrogen-bond donors (Lipinski definition) is 0. The number of imide groups is 1. The van der Waals surface area contributed by atoms with Crippen LogP contribution in [0.4, 0.5) is 4.79 Å². The summed E-state index contributed by atoms with van der Waals surface area (Å²) in [6.07, 6.45) is 1.66. The van der Waals surface area contributed by atoms with Gasteiger partial charge in [-0.15, -0.1) is 0 Å². The Bertz CT molecular complexity index is 868. The summed E-state index contributed by atoms with van der Waals surface area (Å²) in [6.45, 7) is 0.346. The van der Waals surface area contributed by atoms with Crippen molar-refractivity contribution in [2.45, 2.75) is 0 Å². The van der Waals surface area contributed by atoms with Crippen molar-refractivity contribution < 1.29 is 19.1 Å². The van der Waals surface area contributed by atoms with Crippen molar-refractivity contribution in [1.82, 2.24) is 4.90 Å². The number of amides is 2. The molecule has 26 heavy (non-hydrogen) atoms. The summed E-state index contributed by atoms with van der Waals surface area (Å²) in [5, 5.41) is 0.259. The molecule has 3 rings (SSSR count). The molecule has 1 fully saturated rings. The Morgan fingerprint density at radius 2 is 1.88 bits per heavy atom. The van der Waals surface area contributed by atoms with Gasteiger partial charge in [0.05, 0.1) is 18.6 Å². The van der Waals surface area contributed by atoms with Crippen LogP contribution in [-0.2, 0) is 4.79 Å². The molecule has 5 nitrogen and oxygen atoms in total. The number of halogens is 1. The first-order valence-corrected chi connectivity index (χ1v) is 9.04. The molecule has 0 unspecified atom stereocenters. The monoisotopic (exact) mass is 389 g/mol. The summed E-state index contributed by atoms with van der Waals surface area (Å²) in [5.41, 5.74) is 0.772. The predicted molar refractivity (Wildman–Crippen MR) is 103 cm³/mol. The molecule has 2 amide bonds. The number of thioether (sulfide) groups is 1. The third kappa shape index (κ3) is 4.20. The first kappa shape index (κ1) is 18.4. The van der Waals surface area contributed by atoms with E-state index in [2.05, 4.69) is 0 Å². The molecule has 0 saturated carbocycles. The smallest absolute Gasteiger partial charge is 0.293 e. The van der Waals surface area contributed by atoms with Gasteiger partial charge in [0, 0.05) is 5.02 Å². The summed E-state index contributed by atoms with van der Waals surface area (Å²) in [5.74, 6) is 0.836. The number of hydrogen-bond acceptors (Lipinski definition) is 5. The van der Waals surface area contributed by atoms with Gasteiger partial charge in [0.25, 0.3) is 11.1 Å². The van der Waals surface area contributed by atoms with E-state index in [1.165, 1.54) is 4.90 Å². The molecule has 0 aliphatic carbocycles. The molecule has 1 aliphatic rings. The fourth-order valence-corrected chi connectivity index (χ4v) is 3.49. The van der Waals surface area contributed by atoms with Crippen LogP contribution in [0.3, 0.4) is 0 Å². The fraction of sp³-hybridized carbons (Fsp3) is 0.158. The SMILES string of the molecule is COc1ccccc1OCCN1C(=O)S/C(=C\c2cccc(Cl)c2)C1=O. The number of rotatable bonds is 6. The summed E-state index contributed by atoms with van der Waals surface area (Å²) >= 11 is 6.86. The standard InChI is InChI=1S/C19H16ClNO4S/c1-24-15-7-2-3-8-16(15)25-10-9-21-18(22)17(26-19(21)23)12-13-5-4-6-14(20)11-13/h2-8,11-12H,9-10H2,1H3/b17-12-. The number of nitrogens with zero attached hydrogens (tertiary/aromatic N) is 1. The minimum Gasteiger partial charge on any atom is -0.493 e. The highest BCUT2D eigenvalue weighted by Gasteiger charge is 2.34. The van der Waals surface area contributed by atoms with E-state index in [9.17, 15) is 9.59 Å². The van der Waals surface area contributed by atoms with Crippen molar-refractivity contribution in [3.05, 3.63) is 64.0 Å². The number of para-hydroxylation sites is 2.